The van der Waals surface area contributed by atoms with Gasteiger partial charge in [0.1, 0.15) is 11.9 Å². The number of likely N-dealkylation sites (N-methyl/N-ethyl adjacent to an activating group) is 1. The van der Waals surface area contributed by atoms with E-state index in [2.05, 4.69) is 21.2 Å². The zero-order chi connectivity index (χ0) is 14.0. The number of rotatable bonds is 3. The molecule has 1 N–H and O–H groups in total. The molecule has 0 bridgehead atoms. The molecule has 0 saturated carbocycles. The number of nitrogens with zero attached hydrogens (tertiary/aromatic N) is 1. The lowest BCUT2D eigenvalue weighted by Crippen LogP contribution is -2.43. The van der Waals surface area contributed by atoms with E-state index in [1.165, 1.54) is 11.0 Å². The van der Waals surface area contributed by atoms with Crippen molar-refractivity contribution in [3.8, 4) is 0 Å². The molecular weight excluding hydrogens is 335 g/mol. The largest absolute Gasteiger partial charge is 0.340 e. The fraction of sp³-hybridized carbons (Fsp3) is 0.333. The molecule has 1 saturated heterocycles. The first-order valence-electron chi connectivity index (χ1n) is 5.59. The van der Waals surface area contributed by atoms with Gasteiger partial charge in [-0.2, -0.15) is 0 Å². The predicted octanol–water partition coefficient (Wildman–Crippen LogP) is 2.37. The number of benzene rings is 1. The second kappa shape index (κ2) is 5.92. The van der Waals surface area contributed by atoms with E-state index < -0.39 is 6.04 Å². The normalized spacial score (nSPS) is 18.3. The second-order valence-corrected chi connectivity index (χ2v) is 6.13. The number of amides is 2. The Morgan fingerprint density at radius 1 is 1.63 bits per heavy atom. The number of hydrogen-bond acceptors (Lipinski definition) is 3. The van der Waals surface area contributed by atoms with Crippen LogP contribution in [0, 0.1) is 5.82 Å². The number of halogens is 2. The molecule has 0 radical (unpaired) electrons. The summed E-state index contributed by atoms with van der Waals surface area (Å²) in [7, 11) is 1.60. The smallest absolute Gasteiger partial charge is 0.279 e. The lowest BCUT2D eigenvalue weighted by atomic mass is 10.2. The summed E-state index contributed by atoms with van der Waals surface area (Å²) >= 11 is 4.35. The van der Waals surface area contributed by atoms with E-state index in [4.69, 9.17) is 0 Å². The molecule has 2 rings (SSSR count). The molecule has 4 nitrogen and oxygen atoms in total. The molecule has 1 fully saturated rings. The van der Waals surface area contributed by atoms with Crippen molar-refractivity contribution < 1.29 is 14.0 Å². The molecule has 1 aliphatic heterocycles. The van der Waals surface area contributed by atoms with E-state index in [1.54, 1.807) is 19.2 Å². The molecule has 19 heavy (non-hydrogen) atoms. The quantitative estimate of drug-likeness (QED) is 0.913. The summed E-state index contributed by atoms with van der Waals surface area (Å²) in [4.78, 5) is 24.5. The lowest BCUT2D eigenvalue weighted by molar-refractivity contribution is -0.131. The molecule has 0 aliphatic carbocycles. The molecule has 1 aromatic carbocycles. The van der Waals surface area contributed by atoms with Crippen molar-refractivity contribution in [2.24, 2.45) is 0 Å². The first-order chi connectivity index (χ1) is 8.97. The Morgan fingerprint density at radius 3 is 3.00 bits per heavy atom. The fourth-order valence-electron chi connectivity index (χ4n) is 1.78. The summed E-state index contributed by atoms with van der Waals surface area (Å²) < 4.78 is 14.4. The average molecular weight is 347 g/mol. The number of carbonyl (C=O) groups is 2. The van der Waals surface area contributed by atoms with Crippen LogP contribution in [0.25, 0.3) is 0 Å². The van der Waals surface area contributed by atoms with Crippen LogP contribution in [0.4, 0.5) is 9.18 Å². The van der Waals surface area contributed by atoms with Crippen molar-refractivity contribution in [3.63, 3.8) is 0 Å². The van der Waals surface area contributed by atoms with E-state index in [-0.39, 0.29) is 23.5 Å². The molecule has 0 unspecified atom stereocenters. The van der Waals surface area contributed by atoms with E-state index in [0.29, 0.717) is 11.3 Å². The standard InChI is InChI=1S/C12H12BrFN2O2S/c1-16(11(17)10-6-19-12(18)15-10)5-7-4-8(13)2-3-9(7)14/h2-4,10H,5-6H2,1H3,(H,15,18)/t10-/m0/s1. The number of carbonyl (C=O) groups excluding carboxylic acids is 2. The third-order valence-corrected chi connectivity index (χ3v) is 4.14. The molecule has 7 heteroatoms. The van der Waals surface area contributed by atoms with Crippen molar-refractivity contribution >= 4 is 38.8 Å². The number of nitrogens with one attached hydrogen (secondary N) is 1. The highest BCUT2D eigenvalue weighted by molar-refractivity contribution is 9.10. The second-order valence-electron chi connectivity index (χ2n) is 4.23. The maximum absolute atomic E-state index is 13.6. The maximum Gasteiger partial charge on any atom is 0.279 e. The van der Waals surface area contributed by atoms with E-state index in [0.717, 1.165) is 16.2 Å². The van der Waals surface area contributed by atoms with Gasteiger partial charge >= 0.3 is 0 Å². The van der Waals surface area contributed by atoms with E-state index in [1.807, 2.05) is 0 Å². The van der Waals surface area contributed by atoms with Gasteiger partial charge in [-0.05, 0) is 18.2 Å². The fourth-order valence-corrected chi connectivity index (χ4v) is 2.96. The van der Waals surface area contributed by atoms with Gasteiger partial charge in [0.15, 0.2) is 0 Å². The lowest BCUT2D eigenvalue weighted by Gasteiger charge is -2.21. The van der Waals surface area contributed by atoms with Gasteiger partial charge in [-0.15, -0.1) is 0 Å². The minimum Gasteiger partial charge on any atom is -0.340 e. The van der Waals surface area contributed by atoms with Gasteiger partial charge < -0.3 is 10.2 Å². The molecule has 1 heterocycles. The minimum absolute atomic E-state index is 0.168. The summed E-state index contributed by atoms with van der Waals surface area (Å²) in [6.07, 6.45) is 0. The highest BCUT2D eigenvalue weighted by atomic mass is 79.9. The number of thioether (sulfide) groups is 1. The summed E-state index contributed by atoms with van der Waals surface area (Å²) in [6.45, 7) is 0.168. The molecular formula is C12H12BrFN2O2S. The Kier molecular flexibility index (Phi) is 4.46. The molecule has 0 spiro atoms. The molecule has 102 valence electrons. The van der Waals surface area contributed by atoms with Gasteiger partial charge in [0, 0.05) is 29.4 Å². The highest BCUT2D eigenvalue weighted by Crippen LogP contribution is 2.19. The first kappa shape index (κ1) is 14.3. The Labute approximate surface area is 122 Å². The first-order valence-corrected chi connectivity index (χ1v) is 7.37. The van der Waals surface area contributed by atoms with Crippen molar-refractivity contribution in [2.45, 2.75) is 12.6 Å². The van der Waals surface area contributed by atoms with Crippen molar-refractivity contribution in [2.75, 3.05) is 12.8 Å². The van der Waals surface area contributed by atoms with Crippen LogP contribution in [0.3, 0.4) is 0 Å². The summed E-state index contributed by atoms with van der Waals surface area (Å²) in [5, 5.41) is 2.38. The third kappa shape index (κ3) is 3.48. The van der Waals surface area contributed by atoms with E-state index in [9.17, 15) is 14.0 Å². The summed E-state index contributed by atoms with van der Waals surface area (Å²) in [5.74, 6) is -0.145. The maximum atomic E-state index is 13.6. The van der Waals surface area contributed by atoms with E-state index >= 15 is 0 Å². The number of hydrogen-bond donors (Lipinski definition) is 1. The average Bonchev–Trinajstić information content (AvgIpc) is 2.79. The molecule has 0 aromatic heterocycles. The van der Waals surface area contributed by atoms with Gasteiger partial charge in [-0.3, -0.25) is 9.59 Å². The SMILES string of the molecule is CN(Cc1cc(Br)ccc1F)C(=O)[C@@H]1CSC(=O)N1. The van der Waals surface area contributed by atoms with Crippen LogP contribution in [0.1, 0.15) is 5.56 Å². The minimum atomic E-state index is -0.516. The van der Waals surface area contributed by atoms with Crippen molar-refractivity contribution in [1.82, 2.24) is 10.2 Å². The topological polar surface area (TPSA) is 49.4 Å². The van der Waals surface area contributed by atoms with Crippen LogP contribution in [-0.4, -0.2) is 34.9 Å². The monoisotopic (exact) mass is 346 g/mol. The van der Waals surface area contributed by atoms with Crippen LogP contribution in [0.15, 0.2) is 22.7 Å². The summed E-state index contributed by atoms with van der Waals surface area (Å²) in [5.41, 5.74) is 0.433. The van der Waals surface area contributed by atoms with Crippen LogP contribution in [-0.2, 0) is 11.3 Å². The van der Waals surface area contributed by atoms with Gasteiger partial charge in [0.2, 0.25) is 5.91 Å². The van der Waals surface area contributed by atoms with Crippen LogP contribution < -0.4 is 5.32 Å². The predicted molar refractivity (Wildman–Crippen MR) is 75.4 cm³/mol. The van der Waals surface area contributed by atoms with Gasteiger partial charge in [-0.1, -0.05) is 27.7 Å². The highest BCUT2D eigenvalue weighted by Gasteiger charge is 2.30. The molecule has 1 atom stereocenters. The molecule has 1 aromatic rings. The summed E-state index contributed by atoms with van der Waals surface area (Å²) in [6, 6.07) is 4.08. The van der Waals surface area contributed by atoms with Gasteiger partial charge in [-0.25, -0.2) is 4.39 Å². The Morgan fingerprint density at radius 2 is 2.37 bits per heavy atom. The zero-order valence-electron chi connectivity index (χ0n) is 10.2. The van der Waals surface area contributed by atoms with Crippen molar-refractivity contribution in [1.29, 1.82) is 0 Å². The van der Waals surface area contributed by atoms with Crippen LogP contribution >= 0.6 is 27.7 Å². The molecule has 1 aliphatic rings. The van der Waals surface area contributed by atoms with Crippen LogP contribution in [0.2, 0.25) is 0 Å². The van der Waals surface area contributed by atoms with Gasteiger partial charge in [0.05, 0.1) is 0 Å². The Hall–Kier alpha value is -1.08. The Balaban J connectivity index is 2.04. The molecule has 2 amide bonds. The van der Waals surface area contributed by atoms with Gasteiger partial charge in [0.25, 0.3) is 5.24 Å². The zero-order valence-corrected chi connectivity index (χ0v) is 12.6. The van der Waals surface area contributed by atoms with Crippen molar-refractivity contribution in [3.05, 3.63) is 34.1 Å². The van der Waals surface area contributed by atoms with Crippen LogP contribution in [0.5, 0.6) is 0 Å². The third-order valence-electron chi connectivity index (χ3n) is 2.76. The Bertz CT molecular complexity index is 526.